The molecule has 2 aromatic rings. The quantitative estimate of drug-likeness (QED) is 0.641. The van der Waals surface area contributed by atoms with Crippen molar-refractivity contribution in [3.05, 3.63) is 29.9 Å². The predicted molar refractivity (Wildman–Crippen MR) is 43.1 cm³/mol. The first kappa shape index (κ1) is 6.42. The molecule has 0 fully saturated rings. The molecule has 4 heteroatoms. The molecule has 11 heavy (non-hydrogen) atoms. The molecule has 0 N–H and O–H groups in total. The third-order valence-electron chi connectivity index (χ3n) is 1.34. The van der Waals surface area contributed by atoms with Crippen LogP contribution in [0.2, 0.25) is 0 Å². The Morgan fingerprint density at radius 2 is 2.00 bits per heavy atom. The molecule has 2 heterocycles. The van der Waals surface area contributed by atoms with Crippen LogP contribution in [0, 0.1) is 0 Å². The Balaban J connectivity index is 2.46. The summed E-state index contributed by atoms with van der Waals surface area (Å²) in [6.07, 6.45) is 3.49. The Morgan fingerprint density at radius 1 is 1.18 bits per heavy atom. The second-order valence-electron chi connectivity index (χ2n) is 2.03. The lowest BCUT2D eigenvalue weighted by Gasteiger charge is -1.90. The fourth-order valence-corrected chi connectivity index (χ4v) is 1.28. The molecule has 0 amide bonds. The van der Waals surface area contributed by atoms with Crippen LogP contribution in [-0.4, -0.2) is 14.6 Å². The largest absolute Gasteiger partial charge is 0.265 e. The number of nitrogens with zero attached hydrogens (tertiary/aromatic N) is 3. The van der Waals surface area contributed by atoms with Gasteiger partial charge in [-0.15, -0.1) is 5.10 Å². The van der Waals surface area contributed by atoms with Crippen molar-refractivity contribution in [1.29, 1.82) is 0 Å². The van der Waals surface area contributed by atoms with Gasteiger partial charge in [0.05, 0.1) is 0 Å². The molecular formula is C7H5N3S. The lowest BCUT2D eigenvalue weighted by molar-refractivity contribution is 1.16. The van der Waals surface area contributed by atoms with E-state index in [1.807, 2.05) is 17.5 Å². The van der Waals surface area contributed by atoms with E-state index in [1.165, 1.54) is 11.5 Å². The molecule has 0 radical (unpaired) electrons. The molecule has 0 aliphatic heterocycles. The standard InChI is InChI=1S/C7H5N3S/c1-3-8-4-2-6(1)7-5-11-10-9-7/h1-5H. The van der Waals surface area contributed by atoms with Crippen LogP contribution in [0.1, 0.15) is 0 Å². The molecular weight excluding hydrogens is 158 g/mol. The van der Waals surface area contributed by atoms with Crippen molar-refractivity contribution in [2.24, 2.45) is 0 Å². The molecule has 0 saturated heterocycles. The maximum absolute atomic E-state index is 3.93. The smallest absolute Gasteiger partial charge is 0.105 e. The van der Waals surface area contributed by atoms with Crippen molar-refractivity contribution < 1.29 is 0 Å². The minimum Gasteiger partial charge on any atom is -0.265 e. The Labute approximate surface area is 67.9 Å². The molecule has 2 rings (SSSR count). The number of rotatable bonds is 1. The van der Waals surface area contributed by atoms with Gasteiger partial charge in [-0.2, -0.15) is 0 Å². The fourth-order valence-electron chi connectivity index (χ4n) is 0.813. The maximum Gasteiger partial charge on any atom is 0.105 e. The first-order valence-electron chi connectivity index (χ1n) is 3.14. The van der Waals surface area contributed by atoms with Crippen molar-refractivity contribution in [2.75, 3.05) is 0 Å². The van der Waals surface area contributed by atoms with Crippen molar-refractivity contribution in [3.63, 3.8) is 0 Å². The normalized spacial score (nSPS) is 9.82. The van der Waals surface area contributed by atoms with Crippen molar-refractivity contribution in [2.45, 2.75) is 0 Å². The van der Waals surface area contributed by atoms with E-state index in [4.69, 9.17) is 0 Å². The number of hydrogen-bond acceptors (Lipinski definition) is 4. The Bertz CT molecular complexity index is 317. The summed E-state index contributed by atoms with van der Waals surface area (Å²) in [5, 5.41) is 5.84. The number of aromatic nitrogens is 3. The minimum absolute atomic E-state index is 0.914. The van der Waals surface area contributed by atoms with Crippen LogP contribution < -0.4 is 0 Å². The van der Waals surface area contributed by atoms with Gasteiger partial charge in [0.2, 0.25) is 0 Å². The molecule has 0 saturated carbocycles. The van der Waals surface area contributed by atoms with Gasteiger partial charge >= 0.3 is 0 Å². The first-order chi connectivity index (χ1) is 5.47. The summed E-state index contributed by atoms with van der Waals surface area (Å²) >= 11 is 1.35. The van der Waals surface area contributed by atoms with Gasteiger partial charge in [0.1, 0.15) is 5.69 Å². The average molecular weight is 163 g/mol. The van der Waals surface area contributed by atoms with Gasteiger partial charge in [-0.25, -0.2) is 0 Å². The third kappa shape index (κ3) is 1.25. The highest BCUT2D eigenvalue weighted by atomic mass is 32.1. The van der Waals surface area contributed by atoms with Gasteiger partial charge in [0.15, 0.2) is 0 Å². The van der Waals surface area contributed by atoms with E-state index < -0.39 is 0 Å². The highest BCUT2D eigenvalue weighted by Crippen LogP contribution is 2.15. The highest BCUT2D eigenvalue weighted by Gasteiger charge is 1.97. The van der Waals surface area contributed by atoms with E-state index in [0.29, 0.717) is 0 Å². The predicted octanol–water partition coefficient (Wildman–Crippen LogP) is 1.60. The molecule has 0 bridgehead atoms. The van der Waals surface area contributed by atoms with Gasteiger partial charge in [-0.05, 0) is 23.7 Å². The van der Waals surface area contributed by atoms with Gasteiger partial charge in [0.25, 0.3) is 0 Å². The Kier molecular flexibility index (Phi) is 1.61. The molecule has 0 aromatic carbocycles. The zero-order valence-corrected chi connectivity index (χ0v) is 6.45. The van der Waals surface area contributed by atoms with Crippen LogP contribution in [0.3, 0.4) is 0 Å². The van der Waals surface area contributed by atoms with Crippen LogP contribution >= 0.6 is 11.5 Å². The second kappa shape index (κ2) is 2.75. The molecule has 54 valence electrons. The molecule has 3 nitrogen and oxygen atoms in total. The third-order valence-corrected chi connectivity index (χ3v) is 1.84. The van der Waals surface area contributed by atoms with Crippen molar-refractivity contribution >= 4 is 11.5 Å². The number of hydrogen-bond donors (Lipinski definition) is 0. The van der Waals surface area contributed by atoms with E-state index in [2.05, 4.69) is 14.6 Å². The average Bonchev–Trinajstić information content (AvgIpc) is 2.58. The monoisotopic (exact) mass is 163 g/mol. The SMILES string of the molecule is c1cc(-c2csnn2)ccn1. The van der Waals surface area contributed by atoms with Crippen molar-refractivity contribution in [1.82, 2.24) is 14.6 Å². The summed E-state index contributed by atoms with van der Waals surface area (Å²) < 4.78 is 3.77. The number of pyridine rings is 1. The summed E-state index contributed by atoms with van der Waals surface area (Å²) in [4.78, 5) is 3.91. The molecule has 2 aromatic heterocycles. The summed E-state index contributed by atoms with van der Waals surface area (Å²) in [5.74, 6) is 0. The molecule has 0 atom stereocenters. The summed E-state index contributed by atoms with van der Waals surface area (Å²) in [7, 11) is 0. The van der Waals surface area contributed by atoms with Crippen LogP contribution in [0.15, 0.2) is 29.9 Å². The van der Waals surface area contributed by atoms with Gasteiger partial charge in [0, 0.05) is 23.3 Å². The van der Waals surface area contributed by atoms with E-state index in [-0.39, 0.29) is 0 Å². The summed E-state index contributed by atoms with van der Waals surface area (Å²) in [6.45, 7) is 0. The Hall–Kier alpha value is -1.29. The Morgan fingerprint density at radius 3 is 2.64 bits per heavy atom. The van der Waals surface area contributed by atoms with E-state index in [1.54, 1.807) is 12.4 Å². The molecule has 0 spiro atoms. The van der Waals surface area contributed by atoms with E-state index in [9.17, 15) is 0 Å². The summed E-state index contributed by atoms with van der Waals surface area (Å²) in [5.41, 5.74) is 1.98. The summed E-state index contributed by atoms with van der Waals surface area (Å²) in [6, 6.07) is 3.83. The van der Waals surface area contributed by atoms with Gasteiger partial charge < -0.3 is 0 Å². The van der Waals surface area contributed by atoms with E-state index in [0.717, 1.165) is 11.3 Å². The van der Waals surface area contributed by atoms with Crippen LogP contribution in [0.5, 0.6) is 0 Å². The lowest BCUT2D eigenvalue weighted by atomic mass is 10.2. The van der Waals surface area contributed by atoms with E-state index >= 15 is 0 Å². The first-order valence-corrected chi connectivity index (χ1v) is 3.98. The molecule has 0 aliphatic rings. The van der Waals surface area contributed by atoms with Crippen molar-refractivity contribution in [3.8, 4) is 11.3 Å². The van der Waals surface area contributed by atoms with Gasteiger partial charge in [-0.1, -0.05) is 4.49 Å². The zero-order chi connectivity index (χ0) is 7.52. The van der Waals surface area contributed by atoms with Crippen LogP contribution in [0.4, 0.5) is 0 Å². The van der Waals surface area contributed by atoms with Gasteiger partial charge in [-0.3, -0.25) is 4.98 Å². The van der Waals surface area contributed by atoms with Crippen LogP contribution in [-0.2, 0) is 0 Å². The topological polar surface area (TPSA) is 38.7 Å². The highest BCUT2D eigenvalue weighted by molar-refractivity contribution is 7.03. The lowest BCUT2D eigenvalue weighted by Crippen LogP contribution is -1.77. The fraction of sp³-hybridized carbons (Fsp3) is 0. The second-order valence-corrected chi connectivity index (χ2v) is 2.64. The zero-order valence-electron chi connectivity index (χ0n) is 5.64. The minimum atomic E-state index is 0.914. The maximum atomic E-state index is 3.93. The molecule has 0 unspecified atom stereocenters. The van der Waals surface area contributed by atoms with Crippen LogP contribution in [0.25, 0.3) is 11.3 Å². The molecule has 0 aliphatic carbocycles.